The minimum atomic E-state index is -0.263. The van der Waals surface area contributed by atoms with Gasteiger partial charge in [0.15, 0.2) is 0 Å². The molecule has 0 heterocycles. The van der Waals surface area contributed by atoms with Gasteiger partial charge < -0.3 is 4.74 Å². The summed E-state index contributed by atoms with van der Waals surface area (Å²) in [6.07, 6.45) is 3.53. The number of esters is 1. The van der Waals surface area contributed by atoms with Crippen LogP contribution in [0.1, 0.15) is 13.8 Å². The van der Waals surface area contributed by atoms with Crippen LogP contribution in [0, 0.1) is 0 Å². The van der Waals surface area contributed by atoms with Gasteiger partial charge in [-0.25, -0.2) is 0 Å². The van der Waals surface area contributed by atoms with Crippen LogP contribution >= 0.6 is 0 Å². The van der Waals surface area contributed by atoms with Gasteiger partial charge in [0.1, 0.15) is 6.61 Å². The summed E-state index contributed by atoms with van der Waals surface area (Å²) in [7, 11) is 0. The number of hydrogen-bond acceptors (Lipinski definition) is 2. The summed E-state index contributed by atoms with van der Waals surface area (Å²) in [5.41, 5.74) is 0.926. The smallest absolute Gasteiger partial charge is 0.302 e. The van der Waals surface area contributed by atoms with Crippen LogP contribution in [0.4, 0.5) is 0 Å². The SMILES string of the molecule is C=C/C(=C\C)COC(C)=O. The van der Waals surface area contributed by atoms with Crippen molar-refractivity contribution < 1.29 is 9.53 Å². The molecule has 0 amide bonds. The topological polar surface area (TPSA) is 26.3 Å². The van der Waals surface area contributed by atoms with E-state index in [9.17, 15) is 4.79 Å². The van der Waals surface area contributed by atoms with E-state index in [4.69, 9.17) is 4.74 Å². The molecule has 0 radical (unpaired) electrons. The van der Waals surface area contributed by atoms with Crippen molar-refractivity contribution in [1.29, 1.82) is 0 Å². The molecule has 0 spiro atoms. The van der Waals surface area contributed by atoms with Crippen LogP contribution in [-0.2, 0) is 9.53 Å². The van der Waals surface area contributed by atoms with Gasteiger partial charge in [-0.15, -0.1) is 0 Å². The van der Waals surface area contributed by atoms with Crippen LogP contribution in [0.3, 0.4) is 0 Å². The number of ether oxygens (including phenoxy) is 1. The Hall–Kier alpha value is -1.05. The van der Waals surface area contributed by atoms with Crippen molar-refractivity contribution in [1.82, 2.24) is 0 Å². The van der Waals surface area contributed by atoms with E-state index in [0.29, 0.717) is 6.61 Å². The monoisotopic (exact) mass is 140 g/mol. The van der Waals surface area contributed by atoms with Gasteiger partial charge in [-0.3, -0.25) is 4.79 Å². The van der Waals surface area contributed by atoms with E-state index in [1.807, 2.05) is 13.0 Å². The lowest BCUT2D eigenvalue weighted by atomic mass is 10.3. The molecule has 0 rings (SSSR count). The van der Waals surface area contributed by atoms with Crippen molar-refractivity contribution in [3.63, 3.8) is 0 Å². The van der Waals surface area contributed by atoms with Gasteiger partial charge in [0.25, 0.3) is 0 Å². The molecular formula is C8H12O2. The predicted molar refractivity (Wildman–Crippen MR) is 40.6 cm³/mol. The van der Waals surface area contributed by atoms with Gasteiger partial charge in [-0.2, -0.15) is 0 Å². The summed E-state index contributed by atoms with van der Waals surface area (Å²) < 4.78 is 4.71. The van der Waals surface area contributed by atoms with Gasteiger partial charge in [-0.05, 0) is 12.5 Å². The Labute approximate surface area is 61.2 Å². The maximum absolute atomic E-state index is 10.3. The van der Waals surface area contributed by atoms with Gasteiger partial charge in [0.05, 0.1) is 0 Å². The van der Waals surface area contributed by atoms with Crippen molar-refractivity contribution in [3.05, 3.63) is 24.3 Å². The third-order valence-corrected chi connectivity index (χ3v) is 1.08. The molecule has 0 aliphatic carbocycles. The van der Waals surface area contributed by atoms with Crippen LogP contribution in [-0.4, -0.2) is 12.6 Å². The summed E-state index contributed by atoms with van der Waals surface area (Å²) >= 11 is 0. The van der Waals surface area contributed by atoms with Gasteiger partial charge in [-0.1, -0.05) is 18.7 Å². The van der Waals surface area contributed by atoms with Crippen LogP contribution in [0.25, 0.3) is 0 Å². The molecule has 0 aromatic heterocycles. The third kappa shape index (κ3) is 3.89. The number of carbonyl (C=O) groups excluding carboxylic acids is 1. The standard InChI is InChI=1S/C8H12O2/c1-4-8(5-2)6-10-7(3)9/h4-5H,1,6H2,2-3H3/b8-5+. The minimum absolute atomic E-state index is 0.263. The molecule has 0 saturated heterocycles. The highest BCUT2D eigenvalue weighted by atomic mass is 16.5. The number of rotatable bonds is 3. The fourth-order valence-corrected chi connectivity index (χ4v) is 0.445. The lowest BCUT2D eigenvalue weighted by Crippen LogP contribution is -2.01. The average molecular weight is 140 g/mol. The van der Waals surface area contributed by atoms with Gasteiger partial charge >= 0.3 is 5.97 Å². The van der Waals surface area contributed by atoms with Crippen molar-refractivity contribution in [3.8, 4) is 0 Å². The van der Waals surface area contributed by atoms with E-state index in [1.54, 1.807) is 6.08 Å². The average Bonchev–Trinajstić information content (AvgIpc) is 1.90. The molecule has 56 valence electrons. The molecule has 0 fully saturated rings. The third-order valence-electron chi connectivity index (χ3n) is 1.08. The van der Waals surface area contributed by atoms with E-state index < -0.39 is 0 Å². The van der Waals surface area contributed by atoms with E-state index >= 15 is 0 Å². The fraction of sp³-hybridized carbons (Fsp3) is 0.375. The summed E-state index contributed by atoms with van der Waals surface area (Å²) in [4.78, 5) is 10.3. The molecule has 0 aliphatic heterocycles. The molecule has 0 aliphatic rings. The summed E-state index contributed by atoms with van der Waals surface area (Å²) in [5, 5.41) is 0. The second-order valence-corrected chi connectivity index (χ2v) is 1.85. The molecule has 0 unspecified atom stereocenters. The molecule has 0 aromatic rings. The first-order valence-corrected chi connectivity index (χ1v) is 3.11. The number of carbonyl (C=O) groups is 1. The Morgan fingerprint density at radius 3 is 2.60 bits per heavy atom. The van der Waals surface area contributed by atoms with Gasteiger partial charge in [0, 0.05) is 6.92 Å². The Kier molecular flexibility index (Phi) is 4.29. The predicted octanol–water partition coefficient (Wildman–Crippen LogP) is 1.68. The van der Waals surface area contributed by atoms with Crippen LogP contribution in [0.2, 0.25) is 0 Å². The summed E-state index contributed by atoms with van der Waals surface area (Å²) in [6.45, 7) is 7.14. The van der Waals surface area contributed by atoms with Crippen molar-refractivity contribution in [2.75, 3.05) is 6.61 Å². The maximum atomic E-state index is 10.3. The fourth-order valence-electron chi connectivity index (χ4n) is 0.445. The first-order valence-electron chi connectivity index (χ1n) is 3.11. The zero-order valence-electron chi connectivity index (χ0n) is 6.39. The molecule has 0 atom stereocenters. The second kappa shape index (κ2) is 4.79. The van der Waals surface area contributed by atoms with E-state index in [1.165, 1.54) is 6.92 Å². The molecule has 2 nitrogen and oxygen atoms in total. The first-order chi connectivity index (χ1) is 4.70. The van der Waals surface area contributed by atoms with Crippen LogP contribution < -0.4 is 0 Å². The lowest BCUT2D eigenvalue weighted by Gasteiger charge is -2.00. The normalized spacial score (nSPS) is 10.8. The highest BCUT2D eigenvalue weighted by molar-refractivity contribution is 5.66. The maximum Gasteiger partial charge on any atom is 0.302 e. The van der Waals surface area contributed by atoms with E-state index in [2.05, 4.69) is 6.58 Å². The molecule has 10 heavy (non-hydrogen) atoms. The Bertz CT molecular complexity index is 157. The van der Waals surface area contributed by atoms with Crippen LogP contribution in [0.15, 0.2) is 24.3 Å². The Balaban J connectivity index is 3.66. The zero-order chi connectivity index (χ0) is 7.98. The Morgan fingerprint density at radius 2 is 2.30 bits per heavy atom. The largest absolute Gasteiger partial charge is 0.461 e. The quantitative estimate of drug-likeness (QED) is 0.440. The van der Waals surface area contributed by atoms with Crippen molar-refractivity contribution >= 4 is 5.97 Å². The molecular weight excluding hydrogens is 128 g/mol. The summed E-state index contributed by atoms with van der Waals surface area (Å²) in [5.74, 6) is -0.263. The van der Waals surface area contributed by atoms with Gasteiger partial charge in [0.2, 0.25) is 0 Å². The summed E-state index contributed by atoms with van der Waals surface area (Å²) in [6, 6.07) is 0. The highest BCUT2D eigenvalue weighted by Crippen LogP contribution is 1.95. The lowest BCUT2D eigenvalue weighted by molar-refractivity contribution is -0.139. The highest BCUT2D eigenvalue weighted by Gasteiger charge is 1.92. The van der Waals surface area contributed by atoms with Crippen molar-refractivity contribution in [2.45, 2.75) is 13.8 Å². The first kappa shape index (κ1) is 8.95. The molecule has 0 bridgehead atoms. The minimum Gasteiger partial charge on any atom is -0.461 e. The number of allylic oxidation sites excluding steroid dienone is 1. The second-order valence-electron chi connectivity index (χ2n) is 1.85. The zero-order valence-corrected chi connectivity index (χ0v) is 6.39. The molecule has 0 aromatic carbocycles. The number of hydrogen-bond donors (Lipinski definition) is 0. The molecule has 0 saturated carbocycles. The van der Waals surface area contributed by atoms with Crippen molar-refractivity contribution in [2.24, 2.45) is 0 Å². The molecule has 2 heteroatoms. The molecule has 0 N–H and O–H groups in total. The van der Waals surface area contributed by atoms with E-state index in [-0.39, 0.29) is 5.97 Å². The van der Waals surface area contributed by atoms with Crippen LogP contribution in [0.5, 0.6) is 0 Å². The van der Waals surface area contributed by atoms with E-state index in [0.717, 1.165) is 5.57 Å². The Morgan fingerprint density at radius 1 is 1.70 bits per heavy atom.